The van der Waals surface area contributed by atoms with Crippen LogP contribution >= 0.6 is 35.3 Å². The van der Waals surface area contributed by atoms with E-state index in [4.69, 9.17) is 5.14 Å². The van der Waals surface area contributed by atoms with Crippen molar-refractivity contribution in [1.82, 2.24) is 10.6 Å². The Morgan fingerprint density at radius 3 is 2.23 bits per heavy atom. The van der Waals surface area contributed by atoms with E-state index >= 15 is 0 Å². The SMILES string of the molecule is CN=C(NCc1ccc(S(N)(=O)=O)s1)NCC(Cc1ccccc1)c1ccccc1.I. The zero-order valence-corrected chi connectivity index (χ0v) is 21.2. The van der Waals surface area contributed by atoms with Crippen molar-refractivity contribution in [3.8, 4) is 0 Å². The summed E-state index contributed by atoms with van der Waals surface area (Å²) in [6.45, 7) is 1.18. The second-order valence-electron chi connectivity index (χ2n) is 6.87. The molecule has 6 nitrogen and oxygen atoms in total. The van der Waals surface area contributed by atoms with Gasteiger partial charge in [-0.3, -0.25) is 4.99 Å². The molecule has 3 rings (SSSR count). The third-order valence-corrected chi connectivity index (χ3v) is 7.21. The second-order valence-corrected chi connectivity index (χ2v) is 9.83. The number of guanidine groups is 1. The predicted molar refractivity (Wildman–Crippen MR) is 139 cm³/mol. The van der Waals surface area contributed by atoms with Crippen molar-refractivity contribution >= 4 is 51.3 Å². The van der Waals surface area contributed by atoms with Crippen molar-refractivity contribution in [2.75, 3.05) is 13.6 Å². The van der Waals surface area contributed by atoms with Gasteiger partial charge in [0.1, 0.15) is 4.21 Å². The zero-order valence-electron chi connectivity index (χ0n) is 17.2. The molecule has 1 aromatic heterocycles. The average molecular weight is 571 g/mol. The molecule has 31 heavy (non-hydrogen) atoms. The lowest BCUT2D eigenvalue weighted by molar-refractivity contribution is 0.600. The highest BCUT2D eigenvalue weighted by Crippen LogP contribution is 2.21. The Morgan fingerprint density at radius 1 is 1.00 bits per heavy atom. The van der Waals surface area contributed by atoms with Crippen LogP contribution in [0.1, 0.15) is 21.9 Å². The summed E-state index contributed by atoms with van der Waals surface area (Å²) < 4.78 is 23.0. The smallest absolute Gasteiger partial charge is 0.247 e. The number of benzene rings is 2. The number of aliphatic imine (C=N–C) groups is 1. The van der Waals surface area contributed by atoms with Crippen LogP contribution in [0.5, 0.6) is 0 Å². The molecule has 0 aliphatic heterocycles. The molecule has 0 amide bonds. The third-order valence-electron chi connectivity index (χ3n) is 4.68. The molecule has 2 aromatic carbocycles. The quantitative estimate of drug-likeness (QED) is 0.219. The van der Waals surface area contributed by atoms with Gasteiger partial charge in [0.15, 0.2) is 5.96 Å². The Bertz CT molecular complexity index is 1070. The predicted octanol–water partition coefficient (Wildman–Crippen LogP) is 3.71. The number of nitrogens with two attached hydrogens (primary N) is 1. The van der Waals surface area contributed by atoms with Crippen molar-refractivity contribution in [3.63, 3.8) is 0 Å². The van der Waals surface area contributed by atoms with Gasteiger partial charge < -0.3 is 10.6 Å². The topological polar surface area (TPSA) is 96.6 Å². The van der Waals surface area contributed by atoms with Crippen LogP contribution in [0, 0.1) is 0 Å². The maximum absolute atomic E-state index is 11.4. The normalized spacial score (nSPS) is 12.6. The lowest BCUT2D eigenvalue weighted by Crippen LogP contribution is -2.39. The third kappa shape index (κ3) is 7.91. The number of nitrogens with zero attached hydrogens (tertiary/aromatic N) is 1. The molecule has 1 heterocycles. The summed E-state index contributed by atoms with van der Waals surface area (Å²) in [7, 11) is -1.95. The number of sulfonamides is 1. The molecule has 3 aromatic rings. The molecule has 0 radical (unpaired) electrons. The highest BCUT2D eigenvalue weighted by Gasteiger charge is 2.14. The second kappa shape index (κ2) is 12.2. The Kier molecular flexibility index (Phi) is 9.94. The van der Waals surface area contributed by atoms with Crippen molar-refractivity contribution in [3.05, 3.63) is 88.8 Å². The summed E-state index contributed by atoms with van der Waals surface area (Å²) in [5.74, 6) is 0.942. The summed E-state index contributed by atoms with van der Waals surface area (Å²) in [6.07, 6.45) is 0.914. The Balaban J connectivity index is 0.00000341. The summed E-state index contributed by atoms with van der Waals surface area (Å²) in [6, 6.07) is 24.1. The van der Waals surface area contributed by atoms with Gasteiger partial charge in [-0.2, -0.15) is 0 Å². The molecule has 0 saturated heterocycles. The zero-order chi connectivity index (χ0) is 21.4. The average Bonchev–Trinajstić information content (AvgIpc) is 3.24. The van der Waals surface area contributed by atoms with Crippen LogP contribution in [-0.4, -0.2) is 28.0 Å². The molecule has 166 valence electrons. The van der Waals surface area contributed by atoms with Gasteiger partial charge in [-0.25, -0.2) is 13.6 Å². The monoisotopic (exact) mass is 570 g/mol. The molecular formula is C22H27IN4O2S2. The van der Waals surface area contributed by atoms with Gasteiger partial charge in [-0.05, 0) is 29.7 Å². The van der Waals surface area contributed by atoms with Crippen molar-refractivity contribution in [2.24, 2.45) is 10.1 Å². The van der Waals surface area contributed by atoms with E-state index in [1.807, 2.05) is 12.1 Å². The molecule has 1 unspecified atom stereocenters. The first-order chi connectivity index (χ1) is 14.5. The first-order valence-electron chi connectivity index (χ1n) is 9.60. The van der Waals surface area contributed by atoms with E-state index in [-0.39, 0.29) is 34.1 Å². The molecule has 0 saturated carbocycles. The number of hydrogen-bond donors (Lipinski definition) is 3. The van der Waals surface area contributed by atoms with Crippen LogP contribution in [0.15, 0.2) is 82.0 Å². The van der Waals surface area contributed by atoms with E-state index in [1.165, 1.54) is 17.2 Å². The Hall–Kier alpha value is -1.95. The molecule has 0 aliphatic rings. The fourth-order valence-corrected chi connectivity index (χ4v) is 4.87. The molecule has 0 aliphatic carbocycles. The van der Waals surface area contributed by atoms with Gasteiger partial charge in [0.25, 0.3) is 0 Å². The van der Waals surface area contributed by atoms with E-state index in [0.717, 1.165) is 22.6 Å². The summed E-state index contributed by atoms with van der Waals surface area (Å²) in [5, 5.41) is 11.8. The summed E-state index contributed by atoms with van der Waals surface area (Å²) in [4.78, 5) is 5.15. The van der Waals surface area contributed by atoms with Gasteiger partial charge in [-0.1, -0.05) is 60.7 Å². The van der Waals surface area contributed by atoms with E-state index in [2.05, 4.69) is 64.2 Å². The molecule has 1 atom stereocenters. The van der Waals surface area contributed by atoms with Gasteiger partial charge in [-0.15, -0.1) is 35.3 Å². The highest BCUT2D eigenvalue weighted by molar-refractivity contribution is 14.0. The molecule has 4 N–H and O–H groups in total. The number of hydrogen-bond acceptors (Lipinski definition) is 4. The van der Waals surface area contributed by atoms with Crippen molar-refractivity contribution in [1.29, 1.82) is 0 Å². The summed E-state index contributed by atoms with van der Waals surface area (Å²) >= 11 is 1.16. The number of thiophene rings is 1. The maximum atomic E-state index is 11.4. The van der Waals surface area contributed by atoms with E-state index in [9.17, 15) is 8.42 Å². The summed E-state index contributed by atoms with van der Waals surface area (Å²) in [5.41, 5.74) is 2.55. The van der Waals surface area contributed by atoms with E-state index in [1.54, 1.807) is 13.1 Å². The minimum Gasteiger partial charge on any atom is -0.356 e. The van der Waals surface area contributed by atoms with Crippen molar-refractivity contribution in [2.45, 2.75) is 23.1 Å². The molecule has 9 heteroatoms. The first kappa shape index (κ1) is 25.3. The Labute approximate surface area is 205 Å². The Morgan fingerprint density at radius 2 is 1.65 bits per heavy atom. The van der Waals surface area contributed by atoms with Crippen LogP contribution in [0.4, 0.5) is 0 Å². The van der Waals surface area contributed by atoms with Gasteiger partial charge in [0, 0.05) is 24.4 Å². The van der Waals surface area contributed by atoms with Crippen LogP contribution in [0.3, 0.4) is 0 Å². The standard InChI is InChI=1S/C22H26N4O2S2.HI/c1-24-22(26-16-20-12-13-21(29-20)30(23,27)28)25-15-19(18-10-6-3-7-11-18)14-17-8-4-2-5-9-17;/h2-13,19H,14-16H2,1H3,(H2,23,27,28)(H2,24,25,26);1H. The largest absolute Gasteiger partial charge is 0.356 e. The highest BCUT2D eigenvalue weighted by atomic mass is 127. The fraction of sp³-hybridized carbons (Fsp3) is 0.227. The minimum atomic E-state index is -3.66. The molecule has 0 bridgehead atoms. The van der Waals surface area contributed by atoms with E-state index in [0.29, 0.717) is 19.0 Å². The van der Waals surface area contributed by atoms with Gasteiger partial charge in [0.2, 0.25) is 10.0 Å². The van der Waals surface area contributed by atoms with Crippen LogP contribution in [0.25, 0.3) is 0 Å². The fourth-order valence-electron chi connectivity index (χ4n) is 3.15. The van der Waals surface area contributed by atoms with Crippen LogP contribution in [-0.2, 0) is 23.0 Å². The van der Waals surface area contributed by atoms with Crippen molar-refractivity contribution < 1.29 is 8.42 Å². The molecular weight excluding hydrogens is 543 g/mol. The first-order valence-corrected chi connectivity index (χ1v) is 12.0. The minimum absolute atomic E-state index is 0. The number of nitrogens with one attached hydrogen (secondary N) is 2. The number of primary sulfonamides is 1. The molecule has 0 spiro atoms. The van der Waals surface area contributed by atoms with Gasteiger partial charge >= 0.3 is 0 Å². The lowest BCUT2D eigenvalue weighted by Gasteiger charge is -2.20. The maximum Gasteiger partial charge on any atom is 0.247 e. The number of rotatable bonds is 8. The van der Waals surface area contributed by atoms with Crippen LogP contribution in [0.2, 0.25) is 0 Å². The lowest BCUT2D eigenvalue weighted by atomic mass is 9.92. The van der Waals surface area contributed by atoms with E-state index < -0.39 is 10.0 Å². The van der Waals surface area contributed by atoms with Crippen LogP contribution < -0.4 is 15.8 Å². The number of halogens is 1. The molecule has 0 fully saturated rings. The van der Waals surface area contributed by atoms with Gasteiger partial charge in [0.05, 0.1) is 6.54 Å².